The van der Waals surface area contributed by atoms with Crippen molar-refractivity contribution >= 4 is 5.91 Å². The zero-order valence-corrected chi connectivity index (χ0v) is 17.1. The SMILES string of the molecule is CC[C@H](C)NC(=O)c1nn(-c2ccc(C)cc2)c(=O)n(Cc2ccccc2F)c1=O. The van der Waals surface area contributed by atoms with Crippen LogP contribution in [0.15, 0.2) is 58.1 Å². The number of aryl methyl sites for hydroxylation is 1. The molecule has 1 amide bonds. The fourth-order valence-electron chi connectivity index (χ4n) is 2.84. The van der Waals surface area contributed by atoms with Gasteiger partial charge in [0, 0.05) is 11.6 Å². The van der Waals surface area contributed by atoms with E-state index >= 15 is 0 Å². The molecule has 0 radical (unpaired) electrons. The molecule has 1 N–H and O–H groups in total. The van der Waals surface area contributed by atoms with Crippen LogP contribution in [0.1, 0.15) is 41.9 Å². The molecule has 8 heteroatoms. The molecule has 3 aromatic rings. The number of halogens is 1. The lowest BCUT2D eigenvalue weighted by Gasteiger charge is -2.14. The van der Waals surface area contributed by atoms with Gasteiger partial charge in [0.25, 0.3) is 11.5 Å². The van der Waals surface area contributed by atoms with Crippen LogP contribution in [-0.2, 0) is 6.54 Å². The van der Waals surface area contributed by atoms with E-state index in [2.05, 4.69) is 10.4 Å². The molecule has 30 heavy (non-hydrogen) atoms. The maximum absolute atomic E-state index is 14.2. The second kappa shape index (κ2) is 8.86. The Morgan fingerprint density at radius 3 is 2.43 bits per heavy atom. The predicted octanol–water partition coefficient (Wildman–Crippen LogP) is 2.42. The van der Waals surface area contributed by atoms with E-state index in [0.29, 0.717) is 12.1 Å². The highest BCUT2D eigenvalue weighted by molar-refractivity contribution is 5.91. The third-order valence-corrected chi connectivity index (χ3v) is 4.83. The molecule has 0 aliphatic rings. The van der Waals surface area contributed by atoms with Crippen molar-refractivity contribution in [1.82, 2.24) is 19.7 Å². The molecule has 1 atom stereocenters. The molecule has 0 aliphatic carbocycles. The molecule has 156 valence electrons. The zero-order chi connectivity index (χ0) is 21.8. The average Bonchev–Trinajstić information content (AvgIpc) is 2.73. The lowest BCUT2D eigenvalue weighted by molar-refractivity contribution is 0.0929. The summed E-state index contributed by atoms with van der Waals surface area (Å²) in [6.07, 6.45) is 0.659. The third kappa shape index (κ3) is 4.37. The number of benzene rings is 2. The van der Waals surface area contributed by atoms with E-state index in [1.165, 1.54) is 18.2 Å². The van der Waals surface area contributed by atoms with E-state index in [-0.39, 0.29) is 18.2 Å². The lowest BCUT2D eigenvalue weighted by Crippen LogP contribution is -2.47. The Morgan fingerprint density at radius 1 is 1.13 bits per heavy atom. The summed E-state index contributed by atoms with van der Waals surface area (Å²) in [6.45, 7) is 5.26. The fraction of sp³-hybridized carbons (Fsp3) is 0.273. The summed E-state index contributed by atoms with van der Waals surface area (Å²) in [5.74, 6) is -1.23. The summed E-state index contributed by atoms with van der Waals surface area (Å²) in [5.41, 5.74) is -0.523. The second-order valence-corrected chi connectivity index (χ2v) is 7.14. The van der Waals surface area contributed by atoms with E-state index < -0.39 is 28.7 Å². The van der Waals surface area contributed by atoms with E-state index in [4.69, 9.17) is 0 Å². The molecule has 0 saturated heterocycles. The quantitative estimate of drug-likeness (QED) is 0.676. The van der Waals surface area contributed by atoms with Gasteiger partial charge >= 0.3 is 5.69 Å². The third-order valence-electron chi connectivity index (χ3n) is 4.83. The Balaban J connectivity index is 2.20. The first-order chi connectivity index (χ1) is 14.3. The van der Waals surface area contributed by atoms with Crippen LogP contribution < -0.4 is 16.6 Å². The van der Waals surface area contributed by atoms with Gasteiger partial charge in [-0.15, -0.1) is 0 Å². The maximum Gasteiger partial charge on any atom is 0.352 e. The minimum absolute atomic E-state index is 0.159. The van der Waals surface area contributed by atoms with Crippen molar-refractivity contribution in [1.29, 1.82) is 0 Å². The topological polar surface area (TPSA) is 86.0 Å². The van der Waals surface area contributed by atoms with Crippen molar-refractivity contribution < 1.29 is 9.18 Å². The Kier molecular flexibility index (Phi) is 6.25. The number of carbonyl (C=O) groups is 1. The van der Waals surface area contributed by atoms with Gasteiger partial charge in [0.1, 0.15) is 5.82 Å². The van der Waals surface area contributed by atoms with Gasteiger partial charge in [-0.2, -0.15) is 9.78 Å². The highest BCUT2D eigenvalue weighted by Crippen LogP contribution is 2.08. The summed E-state index contributed by atoms with van der Waals surface area (Å²) in [6, 6.07) is 12.6. The first-order valence-electron chi connectivity index (χ1n) is 9.67. The molecule has 2 aromatic carbocycles. The second-order valence-electron chi connectivity index (χ2n) is 7.14. The summed E-state index contributed by atoms with van der Waals surface area (Å²) in [4.78, 5) is 38.7. The van der Waals surface area contributed by atoms with Crippen LogP contribution in [0.4, 0.5) is 4.39 Å². The van der Waals surface area contributed by atoms with E-state index in [9.17, 15) is 18.8 Å². The Hall–Kier alpha value is -3.55. The van der Waals surface area contributed by atoms with Crippen molar-refractivity contribution in [3.05, 3.63) is 92.0 Å². The van der Waals surface area contributed by atoms with Crippen LogP contribution in [0.2, 0.25) is 0 Å². The van der Waals surface area contributed by atoms with Crippen molar-refractivity contribution in [2.24, 2.45) is 0 Å². The highest BCUT2D eigenvalue weighted by Gasteiger charge is 2.21. The van der Waals surface area contributed by atoms with Gasteiger partial charge < -0.3 is 5.32 Å². The largest absolute Gasteiger partial charge is 0.352 e. The average molecular weight is 410 g/mol. The standard InChI is InChI=1S/C22H23FN4O3/c1-4-15(3)24-20(28)19-21(29)26(13-16-7-5-6-8-18(16)23)22(30)27(25-19)17-11-9-14(2)10-12-17/h5-12,15H,4,13H2,1-3H3,(H,24,28)/t15-/m0/s1. The molecule has 0 bridgehead atoms. The van der Waals surface area contributed by atoms with Gasteiger partial charge in [0.2, 0.25) is 5.69 Å². The van der Waals surface area contributed by atoms with Crippen LogP contribution >= 0.6 is 0 Å². The van der Waals surface area contributed by atoms with Crippen LogP contribution in [0.25, 0.3) is 5.69 Å². The van der Waals surface area contributed by atoms with Gasteiger partial charge in [-0.25, -0.2) is 9.18 Å². The van der Waals surface area contributed by atoms with Crippen molar-refractivity contribution in [2.75, 3.05) is 0 Å². The predicted molar refractivity (Wildman–Crippen MR) is 112 cm³/mol. The first-order valence-corrected chi connectivity index (χ1v) is 9.67. The Labute approximate surface area is 172 Å². The number of nitrogens with one attached hydrogen (secondary N) is 1. The lowest BCUT2D eigenvalue weighted by atomic mass is 10.2. The number of hydrogen-bond acceptors (Lipinski definition) is 4. The molecule has 1 aromatic heterocycles. The van der Waals surface area contributed by atoms with Gasteiger partial charge in [-0.1, -0.05) is 42.8 Å². The Bertz CT molecular complexity index is 1180. The minimum Gasteiger partial charge on any atom is -0.348 e. The number of rotatable bonds is 6. The summed E-state index contributed by atoms with van der Waals surface area (Å²) < 4.78 is 16.0. The monoisotopic (exact) mass is 410 g/mol. The van der Waals surface area contributed by atoms with E-state index in [1.807, 2.05) is 13.8 Å². The minimum atomic E-state index is -0.868. The molecule has 0 fully saturated rings. The van der Waals surface area contributed by atoms with E-state index in [1.54, 1.807) is 37.3 Å². The molecule has 0 unspecified atom stereocenters. The van der Waals surface area contributed by atoms with Crippen molar-refractivity contribution in [3.8, 4) is 5.69 Å². The fourth-order valence-corrected chi connectivity index (χ4v) is 2.84. The molecule has 1 heterocycles. The summed E-state index contributed by atoms with van der Waals surface area (Å²) in [5, 5.41) is 6.74. The van der Waals surface area contributed by atoms with Crippen LogP contribution in [0, 0.1) is 12.7 Å². The molecule has 7 nitrogen and oxygen atoms in total. The van der Waals surface area contributed by atoms with E-state index in [0.717, 1.165) is 14.8 Å². The number of nitrogens with zero attached hydrogens (tertiary/aromatic N) is 3. The molecule has 0 spiro atoms. The Morgan fingerprint density at radius 2 is 1.80 bits per heavy atom. The van der Waals surface area contributed by atoms with Gasteiger partial charge in [0.15, 0.2) is 0 Å². The molecule has 0 aliphatic heterocycles. The number of amides is 1. The van der Waals surface area contributed by atoms with Crippen molar-refractivity contribution in [2.45, 2.75) is 39.8 Å². The number of hydrogen-bond donors (Lipinski definition) is 1. The van der Waals surface area contributed by atoms with Crippen LogP contribution in [0.5, 0.6) is 0 Å². The van der Waals surface area contributed by atoms with Gasteiger partial charge in [-0.05, 0) is 38.5 Å². The molecular formula is C22H23FN4O3. The van der Waals surface area contributed by atoms with Gasteiger partial charge in [0.05, 0.1) is 12.2 Å². The van der Waals surface area contributed by atoms with Crippen LogP contribution in [0.3, 0.4) is 0 Å². The smallest absolute Gasteiger partial charge is 0.348 e. The summed E-state index contributed by atoms with van der Waals surface area (Å²) >= 11 is 0. The zero-order valence-electron chi connectivity index (χ0n) is 17.1. The molecule has 3 rings (SSSR count). The first kappa shape index (κ1) is 21.2. The van der Waals surface area contributed by atoms with Crippen molar-refractivity contribution in [3.63, 3.8) is 0 Å². The molecule has 0 saturated carbocycles. The normalized spacial score (nSPS) is 11.9. The van der Waals surface area contributed by atoms with Gasteiger partial charge in [-0.3, -0.25) is 14.2 Å². The van der Waals surface area contributed by atoms with Crippen LogP contribution in [-0.4, -0.2) is 26.3 Å². The summed E-state index contributed by atoms with van der Waals surface area (Å²) in [7, 11) is 0. The molecular weight excluding hydrogens is 387 g/mol. The maximum atomic E-state index is 14.2. The highest BCUT2D eigenvalue weighted by atomic mass is 19.1. The number of aromatic nitrogens is 3. The number of carbonyl (C=O) groups excluding carboxylic acids is 1.